The van der Waals surface area contributed by atoms with E-state index < -0.39 is 0 Å². The van der Waals surface area contributed by atoms with Gasteiger partial charge in [0.15, 0.2) is 0 Å². The van der Waals surface area contributed by atoms with Gasteiger partial charge in [0, 0.05) is 38.5 Å². The fourth-order valence-electron chi connectivity index (χ4n) is 2.84. The standard InChI is InChI=1S/C17H27N3O3/c1-13(12-22-2)19-17(21)18-10-14-7-8-20(11-14)15-5-4-6-16(9-15)23-3/h4-6,9,13-14H,7-8,10-12H2,1-3H3,(H2,18,19,21). The van der Waals surface area contributed by atoms with Crippen molar-refractivity contribution >= 4 is 11.7 Å². The SMILES string of the molecule is COCC(C)NC(=O)NCC1CCN(c2cccc(OC)c2)C1. The first-order valence-electron chi connectivity index (χ1n) is 8.04. The minimum absolute atomic E-state index is 0.0110. The molecule has 2 N–H and O–H groups in total. The van der Waals surface area contributed by atoms with Crippen LogP contribution in [0.15, 0.2) is 24.3 Å². The van der Waals surface area contributed by atoms with Crippen molar-refractivity contribution in [1.29, 1.82) is 0 Å². The first-order valence-corrected chi connectivity index (χ1v) is 8.04. The average Bonchev–Trinajstić information content (AvgIpc) is 3.02. The second kappa shape index (κ2) is 8.62. The Balaban J connectivity index is 1.76. The Morgan fingerprint density at radius 2 is 2.26 bits per heavy atom. The van der Waals surface area contributed by atoms with Gasteiger partial charge in [0.05, 0.1) is 19.8 Å². The predicted octanol–water partition coefficient (Wildman–Crippen LogP) is 1.86. The zero-order chi connectivity index (χ0) is 16.7. The zero-order valence-electron chi connectivity index (χ0n) is 14.2. The summed E-state index contributed by atoms with van der Waals surface area (Å²) in [5.41, 5.74) is 1.17. The number of ether oxygens (including phenoxy) is 2. The molecular formula is C17H27N3O3. The zero-order valence-corrected chi connectivity index (χ0v) is 14.2. The maximum atomic E-state index is 11.8. The Morgan fingerprint density at radius 1 is 1.43 bits per heavy atom. The molecule has 1 fully saturated rings. The highest BCUT2D eigenvalue weighted by atomic mass is 16.5. The van der Waals surface area contributed by atoms with Crippen molar-refractivity contribution in [3.63, 3.8) is 0 Å². The number of amides is 2. The van der Waals surface area contributed by atoms with E-state index in [0.29, 0.717) is 19.1 Å². The third kappa shape index (κ3) is 5.32. The predicted molar refractivity (Wildman–Crippen MR) is 91.2 cm³/mol. The van der Waals surface area contributed by atoms with Gasteiger partial charge < -0.3 is 25.0 Å². The number of nitrogens with zero attached hydrogens (tertiary/aromatic N) is 1. The van der Waals surface area contributed by atoms with E-state index in [1.54, 1.807) is 14.2 Å². The Kier molecular flexibility index (Phi) is 6.52. The van der Waals surface area contributed by atoms with E-state index in [-0.39, 0.29) is 12.1 Å². The molecule has 23 heavy (non-hydrogen) atoms. The fraction of sp³-hybridized carbons (Fsp3) is 0.588. The lowest BCUT2D eigenvalue weighted by atomic mass is 10.1. The summed E-state index contributed by atoms with van der Waals surface area (Å²) in [6, 6.07) is 7.98. The van der Waals surface area contributed by atoms with Crippen LogP contribution in [0.25, 0.3) is 0 Å². The summed E-state index contributed by atoms with van der Waals surface area (Å²) in [5, 5.41) is 5.81. The van der Waals surface area contributed by atoms with E-state index in [4.69, 9.17) is 9.47 Å². The van der Waals surface area contributed by atoms with Crippen molar-refractivity contribution in [2.45, 2.75) is 19.4 Å². The highest BCUT2D eigenvalue weighted by Gasteiger charge is 2.23. The molecule has 0 aromatic heterocycles. The molecule has 1 aromatic carbocycles. The van der Waals surface area contributed by atoms with Gasteiger partial charge in [0.1, 0.15) is 5.75 Å². The molecule has 1 aliphatic heterocycles. The van der Waals surface area contributed by atoms with Gasteiger partial charge >= 0.3 is 6.03 Å². The van der Waals surface area contributed by atoms with Crippen LogP contribution in [0, 0.1) is 5.92 Å². The number of anilines is 1. The van der Waals surface area contributed by atoms with Crippen LogP contribution in [0.3, 0.4) is 0 Å². The molecule has 2 unspecified atom stereocenters. The van der Waals surface area contributed by atoms with Crippen molar-refractivity contribution < 1.29 is 14.3 Å². The Morgan fingerprint density at radius 3 is 3.00 bits per heavy atom. The molecule has 128 valence electrons. The maximum Gasteiger partial charge on any atom is 0.315 e. The van der Waals surface area contributed by atoms with Gasteiger partial charge in [-0.1, -0.05) is 6.07 Å². The Labute approximate surface area is 138 Å². The van der Waals surface area contributed by atoms with E-state index in [0.717, 1.165) is 25.3 Å². The summed E-state index contributed by atoms with van der Waals surface area (Å²) in [6.07, 6.45) is 1.07. The van der Waals surface area contributed by atoms with Gasteiger partial charge in [-0.3, -0.25) is 0 Å². The van der Waals surface area contributed by atoms with Crippen molar-refractivity contribution in [3.8, 4) is 5.75 Å². The maximum absolute atomic E-state index is 11.8. The molecule has 2 amide bonds. The van der Waals surface area contributed by atoms with Crippen LogP contribution in [0.4, 0.5) is 10.5 Å². The highest BCUT2D eigenvalue weighted by molar-refractivity contribution is 5.74. The smallest absolute Gasteiger partial charge is 0.315 e. The van der Waals surface area contributed by atoms with Gasteiger partial charge in [0.2, 0.25) is 0 Å². The molecule has 0 spiro atoms. The first kappa shape index (κ1) is 17.4. The lowest BCUT2D eigenvalue weighted by Crippen LogP contribution is -2.44. The summed E-state index contributed by atoms with van der Waals surface area (Å²) < 4.78 is 10.3. The fourth-order valence-corrected chi connectivity index (χ4v) is 2.84. The number of rotatable bonds is 7. The summed E-state index contributed by atoms with van der Waals surface area (Å²) >= 11 is 0. The van der Waals surface area contributed by atoms with Crippen molar-refractivity contribution in [1.82, 2.24) is 10.6 Å². The summed E-state index contributed by atoms with van der Waals surface area (Å²) in [7, 11) is 3.31. The lowest BCUT2D eigenvalue weighted by molar-refractivity contribution is 0.170. The summed E-state index contributed by atoms with van der Waals surface area (Å²) in [4.78, 5) is 14.1. The van der Waals surface area contributed by atoms with Gasteiger partial charge in [-0.25, -0.2) is 4.79 Å². The molecule has 0 aliphatic carbocycles. The highest BCUT2D eigenvalue weighted by Crippen LogP contribution is 2.26. The number of carbonyl (C=O) groups is 1. The van der Waals surface area contributed by atoms with E-state index in [2.05, 4.69) is 27.7 Å². The van der Waals surface area contributed by atoms with Crippen LogP contribution < -0.4 is 20.3 Å². The monoisotopic (exact) mass is 321 g/mol. The van der Waals surface area contributed by atoms with E-state index >= 15 is 0 Å². The second-order valence-corrected chi connectivity index (χ2v) is 6.01. The van der Waals surface area contributed by atoms with Gasteiger partial charge in [-0.2, -0.15) is 0 Å². The third-order valence-electron chi connectivity index (χ3n) is 4.05. The van der Waals surface area contributed by atoms with E-state index in [1.165, 1.54) is 5.69 Å². The molecule has 2 atom stereocenters. The number of methoxy groups -OCH3 is 2. The Hall–Kier alpha value is -1.95. The largest absolute Gasteiger partial charge is 0.497 e. The lowest BCUT2D eigenvalue weighted by Gasteiger charge is -2.20. The van der Waals surface area contributed by atoms with E-state index in [1.807, 2.05) is 19.1 Å². The van der Waals surface area contributed by atoms with Crippen molar-refractivity contribution in [2.75, 3.05) is 45.4 Å². The van der Waals surface area contributed by atoms with Crippen LogP contribution in [-0.4, -0.2) is 52.5 Å². The molecule has 1 heterocycles. The Bertz CT molecular complexity index is 510. The molecule has 1 aromatic rings. The van der Waals surface area contributed by atoms with Crippen LogP contribution in [0.1, 0.15) is 13.3 Å². The number of hydrogen-bond acceptors (Lipinski definition) is 4. The van der Waals surface area contributed by atoms with Crippen molar-refractivity contribution in [3.05, 3.63) is 24.3 Å². The molecule has 1 aliphatic rings. The molecule has 0 saturated carbocycles. The number of benzene rings is 1. The van der Waals surface area contributed by atoms with E-state index in [9.17, 15) is 4.79 Å². The van der Waals surface area contributed by atoms with Crippen molar-refractivity contribution in [2.24, 2.45) is 5.92 Å². The molecular weight excluding hydrogens is 294 g/mol. The van der Waals surface area contributed by atoms with Crippen LogP contribution in [0.5, 0.6) is 5.75 Å². The molecule has 2 rings (SSSR count). The minimum Gasteiger partial charge on any atom is -0.497 e. The quantitative estimate of drug-likeness (QED) is 0.804. The number of urea groups is 1. The topological polar surface area (TPSA) is 62.8 Å². The summed E-state index contributed by atoms with van der Waals surface area (Å²) in [5.74, 6) is 1.33. The number of carbonyl (C=O) groups excluding carboxylic acids is 1. The van der Waals surface area contributed by atoms with Crippen LogP contribution in [0.2, 0.25) is 0 Å². The van der Waals surface area contributed by atoms with Crippen LogP contribution >= 0.6 is 0 Å². The molecule has 1 saturated heterocycles. The van der Waals surface area contributed by atoms with Gasteiger partial charge in [-0.15, -0.1) is 0 Å². The molecule has 0 bridgehead atoms. The average molecular weight is 321 g/mol. The van der Waals surface area contributed by atoms with Crippen LogP contribution in [-0.2, 0) is 4.74 Å². The molecule has 6 nitrogen and oxygen atoms in total. The van der Waals surface area contributed by atoms with Gasteiger partial charge in [0.25, 0.3) is 0 Å². The minimum atomic E-state index is -0.130. The number of nitrogens with one attached hydrogen (secondary N) is 2. The normalized spacial score (nSPS) is 18.6. The molecule has 0 radical (unpaired) electrons. The third-order valence-corrected chi connectivity index (χ3v) is 4.05. The summed E-state index contributed by atoms with van der Waals surface area (Å²) in [6.45, 7) is 5.07. The first-order chi connectivity index (χ1) is 11.1. The molecule has 6 heteroatoms. The second-order valence-electron chi connectivity index (χ2n) is 6.01. The number of hydrogen-bond donors (Lipinski definition) is 2. The van der Waals surface area contributed by atoms with Gasteiger partial charge in [-0.05, 0) is 31.4 Å².